The number of nitrogens with zero attached hydrogens (tertiary/aromatic N) is 1. The van der Waals surface area contributed by atoms with E-state index >= 15 is 0 Å². The van der Waals surface area contributed by atoms with E-state index in [2.05, 4.69) is 10.3 Å². The van der Waals surface area contributed by atoms with Gasteiger partial charge in [-0.25, -0.2) is 9.37 Å². The Hall–Kier alpha value is -1.95. The molecule has 4 nitrogen and oxygen atoms in total. The number of aromatic nitrogens is 1. The number of hydrogen-bond donors (Lipinski definition) is 2. The molecule has 0 atom stereocenters. The number of nitrogen functional groups attached to an aromatic ring is 1. The summed E-state index contributed by atoms with van der Waals surface area (Å²) in [5, 5.41) is 3.22. The minimum Gasteiger partial charge on any atom is -0.399 e. The van der Waals surface area contributed by atoms with Crippen LogP contribution in [0.1, 0.15) is 39.3 Å². The van der Waals surface area contributed by atoms with Crippen LogP contribution in [0.3, 0.4) is 0 Å². The number of amides is 1. The van der Waals surface area contributed by atoms with Gasteiger partial charge in [0.25, 0.3) is 5.91 Å². The Kier molecular flexibility index (Phi) is 3.63. The zero-order valence-electron chi connectivity index (χ0n) is 11.7. The SMILES string of the molecule is Cc1cc(N)cc(C(=O)Nc2nc3c(s2)CCCC3)c1F. The van der Waals surface area contributed by atoms with E-state index in [1.54, 1.807) is 6.92 Å². The Morgan fingerprint density at radius 1 is 1.38 bits per heavy atom. The zero-order chi connectivity index (χ0) is 15.0. The molecule has 0 radical (unpaired) electrons. The quantitative estimate of drug-likeness (QED) is 0.836. The van der Waals surface area contributed by atoms with Crippen molar-refractivity contribution in [2.75, 3.05) is 11.1 Å². The van der Waals surface area contributed by atoms with E-state index in [0.29, 0.717) is 16.4 Å². The van der Waals surface area contributed by atoms with Gasteiger partial charge in [-0.1, -0.05) is 0 Å². The van der Waals surface area contributed by atoms with Crippen LogP contribution >= 0.6 is 11.3 Å². The molecule has 0 saturated heterocycles. The molecule has 0 saturated carbocycles. The fourth-order valence-corrected chi connectivity index (χ4v) is 3.58. The van der Waals surface area contributed by atoms with Gasteiger partial charge in [-0.05, 0) is 50.3 Å². The summed E-state index contributed by atoms with van der Waals surface area (Å²) in [4.78, 5) is 17.9. The van der Waals surface area contributed by atoms with Gasteiger partial charge in [0.15, 0.2) is 5.13 Å². The van der Waals surface area contributed by atoms with E-state index in [1.165, 1.54) is 28.3 Å². The Morgan fingerprint density at radius 3 is 2.90 bits per heavy atom. The van der Waals surface area contributed by atoms with Crippen molar-refractivity contribution in [1.29, 1.82) is 0 Å². The molecule has 0 spiro atoms. The second-order valence-electron chi connectivity index (χ2n) is 5.25. The monoisotopic (exact) mass is 305 g/mol. The molecular formula is C15H16FN3OS. The van der Waals surface area contributed by atoms with Crippen molar-refractivity contribution in [3.63, 3.8) is 0 Å². The van der Waals surface area contributed by atoms with Gasteiger partial charge in [-0.3, -0.25) is 10.1 Å². The molecular weight excluding hydrogens is 289 g/mol. The molecule has 6 heteroatoms. The fraction of sp³-hybridized carbons (Fsp3) is 0.333. The van der Waals surface area contributed by atoms with E-state index in [4.69, 9.17) is 5.73 Å². The van der Waals surface area contributed by atoms with Crippen molar-refractivity contribution < 1.29 is 9.18 Å². The van der Waals surface area contributed by atoms with Gasteiger partial charge < -0.3 is 5.73 Å². The fourth-order valence-electron chi connectivity index (χ4n) is 2.53. The summed E-state index contributed by atoms with van der Waals surface area (Å²) >= 11 is 1.48. The second kappa shape index (κ2) is 5.44. The number of carbonyl (C=O) groups is 1. The molecule has 3 N–H and O–H groups in total. The number of fused-ring (bicyclic) bond motifs is 1. The molecule has 2 aromatic rings. The standard InChI is InChI=1S/C15H16FN3OS/c1-8-6-9(17)7-10(13(8)16)14(20)19-15-18-11-4-2-3-5-12(11)21-15/h6-7H,2-5,17H2,1H3,(H,18,19,20). The van der Waals surface area contributed by atoms with Crippen LogP contribution in [0.5, 0.6) is 0 Å². The number of benzene rings is 1. The van der Waals surface area contributed by atoms with Crippen LogP contribution in [0.25, 0.3) is 0 Å². The highest BCUT2D eigenvalue weighted by atomic mass is 32.1. The lowest BCUT2D eigenvalue weighted by molar-refractivity contribution is 0.102. The Balaban J connectivity index is 1.85. The number of halogens is 1. The summed E-state index contributed by atoms with van der Waals surface area (Å²) in [6, 6.07) is 2.86. The summed E-state index contributed by atoms with van der Waals surface area (Å²) in [6.07, 6.45) is 4.25. The van der Waals surface area contributed by atoms with E-state index in [9.17, 15) is 9.18 Å². The third-order valence-corrected chi connectivity index (χ3v) is 4.66. The highest BCUT2D eigenvalue weighted by Crippen LogP contribution is 2.30. The first-order valence-electron chi connectivity index (χ1n) is 6.90. The van der Waals surface area contributed by atoms with Crippen molar-refractivity contribution >= 4 is 28.1 Å². The Labute approximate surface area is 126 Å². The van der Waals surface area contributed by atoms with E-state index in [0.717, 1.165) is 31.4 Å². The third kappa shape index (κ3) is 2.76. The molecule has 0 bridgehead atoms. The molecule has 3 rings (SSSR count). The summed E-state index contributed by atoms with van der Waals surface area (Å²) in [6.45, 7) is 1.59. The van der Waals surface area contributed by atoms with Crippen LogP contribution in [-0.4, -0.2) is 10.9 Å². The van der Waals surface area contributed by atoms with Crippen LogP contribution in [0, 0.1) is 12.7 Å². The van der Waals surface area contributed by atoms with Crippen molar-refractivity contribution in [2.24, 2.45) is 0 Å². The number of carbonyl (C=O) groups excluding carboxylic acids is 1. The highest BCUT2D eigenvalue weighted by Gasteiger charge is 2.19. The summed E-state index contributed by atoms with van der Waals surface area (Å²) in [5.74, 6) is -1.04. The van der Waals surface area contributed by atoms with Crippen LogP contribution in [0.2, 0.25) is 0 Å². The first-order chi connectivity index (χ1) is 10.0. The zero-order valence-corrected chi connectivity index (χ0v) is 12.5. The normalized spacial score (nSPS) is 13.8. The largest absolute Gasteiger partial charge is 0.399 e. The molecule has 1 aromatic carbocycles. The Morgan fingerprint density at radius 2 is 2.14 bits per heavy atom. The first kappa shape index (κ1) is 14.0. The van der Waals surface area contributed by atoms with Gasteiger partial charge in [0.1, 0.15) is 5.82 Å². The lowest BCUT2D eigenvalue weighted by Gasteiger charge is -2.07. The van der Waals surface area contributed by atoms with Gasteiger partial charge in [-0.15, -0.1) is 11.3 Å². The van der Waals surface area contributed by atoms with Crippen LogP contribution in [-0.2, 0) is 12.8 Å². The molecule has 1 aliphatic rings. The lowest BCUT2D eigenvalue weighted by Crippen LogP contribution is -2.15. The highest BCUT2D eigenvalue weighted by molar-refractivity contribution is 7.15. The molecule has 1 aromatic heterocycles. The van der Waals surface area contributed by atoms with Gasteiger partial charge in [0.2, 0.25) is 0 Å². The minimum absolute atomic E-state index is 0.0410. The van der Waals surface area contributed by atoms with Crippen LogP contribution < -0.4 is 11.1 Å². The van der Waals surface area contributed by atoms with E-state index < -0.39 is 11.7 Å². The van der Waals surface area contributed by atoms with E-state index in [1.807, 2.05) is 0 Å². The molecule has 1 aliphatic carbocycles. The number of nitrogens with two attached hydrogens (primary N) is 1. The van der Waals surface area contributed by atoms with Crippen molar-refractivity contribution in [3.8, 4) is 0 Å². The average molecular weight is 305 g/mol. The molecule has 0 aliphatic heterocycles. The number of anilines is 2. The van der Waals surface area contributed by atoms with Gasteiger partial charge >= 0.3 is 0 Å². The van der Waals surface area contributed by atoms with Gasteiger partial charge in [-0.2, -0.15) is 0 Å². The number of thiazole rings is 1. The predicted molar refractivity (Wildman–Crippen MR) is 82.3 cm³/mol. The maximum atomic E-state index is 14.0. The van der Waals surface area contributed by atoms with Crippen LogP contribution in [0.4, 0.5) is 15.2 Å². The number of hydrogen-bond acceptors (Lipinski definition) is 4. The first-order valence-corrected chi connectivity index (χ1v) is 7.72. The number of aryl methyl sites for hydroxylation is 3. The number of rotatable bonds is 2. The smallest absolute Gasteiger partial charge is 0.260 e. The van der Waals surface area contributed by atoms with Gasteiger partial charge in [0.05, 0.1) is 11.3 Å². The number of nitrogens with one attached hydrogen (secondary N) is 1. The maximum Gasteiger partial charge on any atom is 0.260 e. The third-order valence-electron chi connectivity index (χ3n) is 3.59. The molecule has 0 unspecified atom stereocenters. The molecule has 21 heavy (non-hydrogen) atoms. The minimum atomic E-state index is -0.539. The molecule has 1 amide bonds. The van der Waals surface area contributed by atoms with Crippen molar-refractivity contribution in [1.82, 2.24) is 4.98 Å². The average Bonchev–Trinajstić information content (AvgIpc) is 2.84. The van der Waals surface area contributed by atoms with E-state index in [-0.39, 0.29) is 5.56 Å². The maximum absolute atomic E-state index is 14.0. The predicted octanol–water partition coefficient (Wildman–Crippen LogP) is 3.30. The van der Waals surface area contributed by atoms with Crippen molar-refractivity contribution in [2.45, 2.75) is 32.6 Å². The topological polar surface area (TPSA) is 68.0 Å². The summed E-state index contributed by atoms with van der Waals surface area (Å²) < 4.78 is 14.0. The van der Waals surface area contributed by atoms with Crippen molar-refractivity contribution in [3.05, 3.63) is 39.6 Å². The summed E-state index contributed by atoms with van der Waals surface area (Å²) in [7, 11) is 0. The van der Waals surface area contributed by atoms with Crippen LogP contribution in [0.15, 0.2) is 12.1 Å². The lowest BCUT2D eigenvalue weighted by atomic mass is 10.0. The Bertz CT molecular complexity index is 688. The molecule has 0 fully saturated rings. The summed E-state index contributed by atoms with van der Waals surface area (Å²) in [5.41, 5.74) is 7.43. The van der Waals surface area contributed by atoms with Gasteiger partial charge in [0, 0.05) is 10.6 Å². The molecule has 1 heterocycles. The second-order valence-corrected chi connectivity index (χ2v) is 6.33. The molecule has 110 valence electrons.